The Balaban J connectivity index is 2.56. The van der Waals surface area contributed by atoms with Crippen LogP contribution >= 0.6 is 15.9 Å². The Morgan fingerprint density at radius 2 is 2.29 bits per heavy atom. The minimum Gasteiger partial charge on any atom is -0.478 e. The number of carbonyl (C=O) groups is 1. The van der Waals surface area contributed by atoms with E-state index in [1.54, 1.807) is 6.92 Å². The molecule has 0 saturated carbocycles. The van der Waals surface area contributed by atoms with E-state index in [0.717, 1.165) is 10.0 Å². The third-order valence-electron chi connectivity index (χ3n) is 2.41. The van der Waals surface area contributed by atoms with Crippen molar-refractivity contribution in [3.63, 3.8) is 0 Å². The van der Waals surface area contributed by atoms with Gasteiger partial charge in [-0.3, -0.25) is 0 Å². The van der Waals surface area contributed by atoms with Gasteiger partial charge in [-0.2, -0.15) is 0 Å². The number of carboxylic acid groups (broad SMARTS) is 1. The molecule has 92 valence electrons. The van der Waals surface area contributed by atoms with E-state index in [1.807, 2.05) is 24.3 Å². The average molecular weight is 298 g/mol. The normalized spacial score (nSPS) is 13.5. The van der Waals surface area contributed by atoms with Crippen molar-refractivity contribution in [2.45, 2.75) is 19.9 Å². The molecule has 0 saturated heterocycles. The summed E-state index contributed by atoms with van der Waals surface area (Å²) >= 11 is 3.43. The predicted molar refractivity (Wildman–Crippen MR) is 72.0 cm³/mol. The maximum absolute atomic E-state index is 10.5. The van der Waals surface area contributed by atoms with Crippen LogP contribution in [0, 0.1) is 0 Å². The second kappa shape index (κ2) is 6.57. The van der Waals surface area contributed by atoms with Crippen molar-refractivity contribution in [2.75, 3.05) is 6.54 Å². The molecule has 3 nitrogen and oxygen atoms in total. The third-order valence-corrected chi connectivity index (χ3v) is 2.90. The molecule has 0 radical (unpaired) electrons. The van der Waals surface area contributed by atoms with Gasteiger partial charge in [-0.15, -0.1) is 0 Å². The van der Waals surface area contributed by atoms with Crippen LogP contribution in [-0.4, -0.2) is 17.6 Å². The van der Waals surface area contributed by atoms with Crippen LogP contribution in [0.15, 0.2) is 40.4 Å². The van der Waals surface area contributed by atoms with Gasteiger partial charge < -0.3 is 10.4 Å². The number of halogens is 1. The molecule has 0 aromatic heterocycles. The Morgan fingerprint density at radius 1 is 1.59 bits per heavy atom. The summed E-state index contributed by atoms with van der Waals surface area (Å²) in [6.45, 7) is 4.42. The van der Waals surface area contributed by atoms with Crippen molar-refractivity contribution < 1.29 is 9.90 Å². The first kappa shape index (κ1) is 13.9. The number of nitrogens with one attached hydrogen (secondary N) is 1. The predicted octanol–water partition coefficient (Wildman–Crippen LogP) is 3.13. The summed E-state index contributed by atoms with van der Waals surface area (Å²) in [4.78, 5) is 10.5. The second-order valence-corrected chi connectivity index (χ2v) is 4.90. The Bertz CT molecular complexity index is 429. The van der Waals surface area contributed by atoms with E-state index < -0.39 is 5.97 Å². The highest BCUT2D eigenvalue weighted by Gasteiger charge is 2.05. The van der Waals surface area contributed by atoms with Crippen molar-refractivity contribution in [1.29, 1.82) is 0 Å². The fourth-order valence-corrected chi connectivity index (χ4v) is 1.89. The molecule has 2 N–H and O–H groups in total. The van der Waals surface area contributed by atoms with Crippen molar-refractivity contribution in [2.24, 2.45) is 0 Å². The van der Waals surface area contributed by atoms with E-state index in [0.29, 0.717) is 6.54 Å². The molecule has 0 bridgehead atoms. The molecule has 0 aliphatic carbocycles. The van der Waals surface area contributed by atoms with Crippen LogP contribution in [0.2, 0.25) is 0 Å². The summed E-state index contributed by atoms with van der Waals surface area (Å²) < 4.78 is 1.04. The molecule has 0 aliphatic rings. The van der Waals surface area contributed by atoms with Crippen LogP contribution < -0.4 is 5.32 Å². The Hall–Kier alpha value is -1.13. The van der Waals surface area contributed by atoms with E-state index >= 15 is 0 Å². The molecule has 0 amide bonds. The monoisotopic (exact) mass is 297 g/mol. The van der Waals surface area contributed by atoms with E-state index in [2.05, 4.69) is 28.2 Å². The van der Waals surface area contributed by atoms with Gasteiger partial charge in [0, 0.05) is 23.1 Å². The fourth-order valence-electron chi connectivity index (χ4n) is 1.47. The molecule has 0 aliphatic heterocycles. The molecular weight excluding hydrogens is 282 g/mol. The quantitative estimate of drug-likeness (QED) is 0.821. The first-order valence-electron chi connectivity index (χ1n) is 5.38. The Kier molecular flexibility index (Phi) is 5.38. The summed E-state index contributed by atoms with van der Waals surface area (Å²) in [5, 5.41) is 11.9. The van der Waals surface area contributed by atoms with Crippen molar-refractivity contribution in [3.8, 4) is 0 Å². The second-order valence-electron chi connectivity index (χ2n) is 3.99. The van der Waals surface area contributed by atoms with Gasteiger partial charge in [0.15, 0.2) is 0 Å². The van der Waals surface area contributed by atoms with Gasteiger partial charge in [0.1, 0.15) is 0 Å². The molecule has 17 heavy (non-hydrogen) atoms. The minimum absolute atomic E-state index is 0.185. The maximum Gasteiger partial charge on any atom is 0.328 e. The van der Waals surface area contributed by atoms with Gasteiger partial charge in [0.2, 0.25) is 0 Å². The van der Waals surface area contributed by atoms with Crippen LogP contribution in [0.4, 0.5) is 0 Å². The third kappa shape index (κ3) is 5.15. The number of rotatable bonds is 5. The van der Waals surface area contributed by atoms with Crippen LogP contribution in [-0.2, 0) is 4.79 Å². The average Bonchev–Trinajstić information content (AvgIpc) is 2.25. The first-order valence-corrected chi connectivity index (χ1v) is 6.17. The SMILES string of the molecule is C/C(=C\C(=O)O)CN[C@H](C)c1cccc(Br)c1. The van der Waals surface area contributed by atoms with Crippen LogP contribution in [0.1, 0.15) is 25.5 Å². The lowest BCUT2D eigenvalue weighted by Gasteiger charge is -2.14. The number of benzene rings is 1. The molecule has 1 aromatic carbocycles. The van der Waals surface area contributed by atoms with Crippen molar-refractivity contribution in [1.82, 2.24) is 5.32 Å². The van der Waals surface area contributed by atoms with Crippen LogP contribution in [0.25, 0.3) is 0 Å². The number of aliphatic carboxylic acids is 1. The fraction of sp³-hybridized carbons (Fsp3) is 0.308. The lowest BCUT2D eigenvalue weighted by molar-refractivity contribution is -0.131. The highest BCUT2D eigenvalue weighted by atomic mass is 79.9. The highest BCUT2D eigenvalue weighted by molar-refractivity contribution is 9.10. The molecule has 4 heteroatoms. The number of hydrogen-bond acceptors (Lipinski definition) is 2. The summed E-state index contributed by atoms with van der Waals surface area (Å²) in [6, 6.07) is 8.24. The number of hydrogen-bond donors (Lipinski definition) is 2. The molecule has 0 spiro atoms. The van der Waals surface area contributed by atoms with Crippen LogP contribution in [0.3, 0.4) is 0 Å². The number of carboxylic acids is 1. The molecule has 0 unspecified atom stereocenters. The van der Waals surface area contributed by atoms with Crippen molar-refractivity contribution >= 4 is 21.9 Å². The van der Waals surface area contributed by atoms with E-state index in [-0.39, 0.29) is 6.04 Å². The molecule has 1 rings (SSSR count). The smallest absolute Gasteiger partial charge is 0.328 e. The standard InChI is InChI=1S/C13H16BrNO2/c1-9(6-13(16)17)8-15-10(2)11-4-3-5-12(14)7-11/h3-7,10,15H,8H2,1-2H3,(H,16,17)/b9-6+/t10-/m1/s1. The molecule has 0 fully saturated rings. The van der Waals surface area contributed by atoms with Crippen molar-refractivity contribution in [3.05, 3.63) is 46.0 Å². The van der Waals surface area contributed by atoms with Crippen LogP contribution in [0.5, 0.6) is 0 Å². The minimum atomic E-state index is -0.903. The topological polar surface area (TPSA) is 49.3 Å². The highest BCUT2D eigenvalue weighted by Crippen LogP contribution is 2.17. The van der Waals surface area contributed by atoms with E-state index in [4.69, 9.17) is 5.11 Å². The molecule has 0 heterocycles. The van der Waals surface area contributed by atoms with Gasteiger partial charge >= 0.3 is 5.97 Å². The molecule has 1 aromatic rings. The van der Waals surface area contributed by atoms with Gasteiger partial charge in [0.25, 0.3) is 0 Å². The van der Waals surface area contributed by atoms with Gasteiger partial charge in [-0.05, 0) is 31.5 Å². The largest absolute Gasteiger partial charge is 0.478 e. The lowest BCUT2D eigenvalue weighted by atomic mass is 10.1. The van der Waals surface area contributed by atoms with E-state index in [9.17, 15) is 4.79 Å². The Labute approximate surface area is 110 Å². The summed E-state index contributed by atoms with van der Waals surface area (Å²) in [5.74, 6) is -0.903. The maximum atomic E-state index is 10.5. The van der Waals surface area contributed by atoms with Gasteiger partial charge in [0.05, 0.1) is 0 Å². The zero-order valence-corrected chi connectivity index (χ0v) is 11.5. The first-order chi connectivity index (χ1) is 7.99. The summed E-state index contributed by atoms with van der Waals surface area (Å²) in [6.07, 6.45) is 1.22. The van der Waals surface area contributed by atoms with Gasteiger partial charge in [-0.1, -0.05) is 33.6 Å². The summed E-state index contributed by atoms with van der Waals surface area (Å²) in [7, 11) is 0. The molecular formula is C13H16BrNO2. The van der Waals surface area contributed by atoms with Gasteiger partial charge in [-0.25, -0.2) is 4.79 Å². The van der Waals surface area contributed by atoms with E-state index in [1.165, 1.54) is 11.6 Å². The summed E-state index contributed by atoms with van der Waals surface area (Å²) in [5.41, 5.74) is 1.97. The zero-order chi connectivity index (χ0) is 12.8. The Morgan fingerprint density at radius 3 is 2.88 bits per heavy atom. The molecule has 1 atom stereocenters. The zero-order valence-electron chi connectivity index (χ0n) is 9.90. The lowest BCUT2D eigenvalue weighted by Crippen LogP contribution is -2.20.